The van der Waals surface area contributed by atoms with Crippen LogP contribution in [0.15, 0.2) is 46.9 Å². The highest BCUT2D eigenvalue weighted by molar-refractivity contribution is 6.03. The summed E-state index contributed by atoms with van der Waals surface area (Å²) in [6.07, 6.45) is 0. The fraction of sp³-hybridized carbons (Fsp3) is 0.308. The summed E-state index contributed by atoms with van der Waals surface area (Å²) < 4.78 is 11.2. The first-order valence-corrected chi connectivity index (χ1v) is 11.3. The number of carbonyl (C=O) groups excluding carboxylic acids is 2. The highest BCUT2D eigenvalue weighted by atomic mass is 16.5. The van der Waals surface area contributed by atoms with Gasteiger partial charge in [0.25, 0.3) is 11.8 Å². The highest BCUT2D eigenvalue weighted by Gasteiger charge is 2.29. The normalized spacial score (nSPS) is 12.5. The minimum atomic E-state index is -0.501. The fourth-order valence-electron chi connectivity index (χ4n) is 4.05. The van der Waals surface area contributed by atoms with Crippen LogP contribution in [0.1, 0.15) is 43.4 Å². The predicted octanol–water partition coefficient (Wildman–Crippen LogP) is 3.03. The summed E-state index contributed by atoms with van der Waals surface area (Å²) in [4.78, 5) is 29.3. The fourth-order valence-corrected chi connectivity index (χ4v) is 4.05. The Morgan fingerprint density at radius 2 is 1.80 bits per heavy atom. The van der Waals surface area contributed by atoms with Crippen molar-refractivity contribution in [2.24, 2.45) is 0 Å². The van der Waals surface area contributed by atoms with Crippen LogP contribution in [0.25, 0.3) is 0 Å². The molecule has 0 atom stereocenters. The lowest BCUT2D eigenvalue weighted by molar-refractivity contribution is 0.0748. The smallest absolute Gasteiger partial charge is 0.258 e. The number of aromatic hydroxyl groups is 2. The maximum absolute atomic E-state index is 13.3. The number of hydrogen-bond donors (Lipinski definition) is 3. The minimum absolute atomic E-state index is 0.0494. The molecular weight excluding hydrogens is 450 g/mol. The van der Waals surface area contributed by atoms with E-state index in [1.54, 1.807) is 24.1 Å². The Morgan fingerprint density at radius 1 is 1.06 bits per heavy atom. The molecule has 0 bridgehead atoms. The van der Waals surface area contributed by atoms with Gasteiger partial charge in [-0.25, -0.2) is 0 Å². The number of phenols is 2. The zero-order valence-corrected chi connectivity index (χ0v) is 20.0. The average Bonchev–Trinajstić information content (AvgIpc) is 3.44. The van der Waals surface area contributed by atoms with Crippen LogP contribution in [-0.4, -0.2) is 59.1 Å². The number of rotatable bonds is 8. The van der Waals surface area contributed by atoms with E-state index >= 15 is 0 Å². The second-order valence-electron chi connectivity index (χ2n) is 8.60. The third-order valence-corrected chi connectivity index (χ3v) is 5.92. The maximum Gasteiger partial charge on any atom is 0.258 e. The van der Waals surface area contributed by atoms with E-state index in [2.05, 4.69) is 5.32 Å². The lowest BCUT2D eigenvalue weighted by atomic mass is 10.1. The molecule has 4 rings (SSSR count). The minimum Gasteiger partial charge on any atom is -0.507 e. The van der Waals surface area contributed by atoms with Crippen molar-refractivity contribution in [3.8, 4) is 17.2 Å². The van der Waals surface area contributed by atoms with Crippen molar-refractivity contribution in [1.82, 2.24) is 15.1 Å². The van der Waals surface area contributed by atoms with Crippen LogP contribution in [0, 0.1) is 6.92 Å². The van der Waals surface area contributed by atoms with E-state index < -0.39 is 17.6 Å². The summed E-state index contributed by atoms with van der Waals surface area (Å²) in [5, 5.41) is 23.8. The number of hydrogen-bond acceptors (Lipinski definition) is 7. The Bertz CT molecular complexity index is 1250. The van der Waals surface area contributed by atoms with Crippen molar-refractivity contribution in [2.45, 2.75) is 26.6 Å². The number of nitrogens with one attached hydrogen (secondary N) is 1. The molecular formula is C26H29N3O6. The molecule has 2 aromatic carbocycles. The summed E-state index contributed by atoms with van der Waals surface area (Å²) in [5.41, 5.74) is 1.83. The first kappa shape index (κ1) is 24.2. The Kier molecular flexibility index (Phi) is 6.97. The number of likely N-dealkylation sites (N-methyl/N-ethyl adjacent to an activating group) is 1. The topological polar surface area (TPSA) is 115 Å². The molecule has 0 aliphatic carbocycles. The average molecular weight is 480 g/mol. The Balaban J connectivity index is 1.50. The summed E-state index contributed by atoms with van der Waals surface area (Å²) in [7, 11) is 3.42. The number of amides is 2. The van der Waals surface area contributed by atoms with Crippen LogP contribution in [-0.2, 0) is 19.6 Å². The number of carbonyl (C=O) groups is 2. The number of fused-ring (bicyclic) bond motifs is 1. The van der Waals surface area contributed by atoms with Gasteiger partial charge in [0.1, 0.15) is 35.4 Å². The van der Waals surface area contributed by atoms with E-state index in [1.807, 2.05) is 32.2 Å². The molecule has 0 unspecified atom stereocenters. The van der Waals surface area contributed by atoms with Gasteiger partial charge >= 0.3 is 0 Å². The molecule has 0 radical (unpaired) electrons. The van der Waals surface area contributed by atoms with Gasteiger partial charge in [0.2, 0.25) is 0 Å². The number of benzene rings is 2. The molecule has 35 heavy (non-hydrogen) atoms. The molecule has 0 saturated carbocycles. The van der Waals surface area contributed by atoms with Crippen LogP contribution in [0.2, 0.25) is 0 Å². The van der Waals surface area contributed by atoms with Crippen LogP contribution in [0.5, 0.6) is 17.2 Å². The van der Waals surface area contributed by atoms with E-state index in [0.29, 0.717) is 25.5 Å². The summed E-state index contributed by atoms with van der Waals surface area (Å²) >= 11 is 0. The quantitative estimate of drug-likeness (QED) is 0.426. The zero-order valence-electron chi connectivity index (χ0n) is 20.0. The number of ether oxygens (including phenoxy) is 1. The van der Waals surface area contributed by atoms with Crippen molar-refractivity contribution >= 4 is 11.8 Å². The molecule has 184 valence electrons. The molecule has 3 aromatic rings. The van der Waals surface area contributed by atoms with E-state index in [1.165, 1.54) is 11.0 Å². The largest absolute Gasteiger partial charge is 0.507 e. The van der Waals surface area contributed by atoms with Gasteiger partial charge in [0.15, 0.2) is 0 Å². The predicted molar refractivity (Wildman–Crippen MR) is 128 cm³/mol. The highest BCUT2D eigenvalue weighted by Crippen LogP contribution is 2.33. The molecule has 0 spiro atoms. The van der Waals surface area contributed by atoms with Crippen molar-refractivity contribution in [2.75, 3.05) is 27.2 Å². The van der Waals surface area contributed by atoms with Crippen molar-refractivity contribution in [3.63, 3.8) is 0 Å². The number of furan rings is 1. The van der Waals surface area contributed by atoms with Gasteiger partial charge in [-0.1, -0.05) is 6.07 Å². The molecule has 1 aliphatic heterocycles. The standard InChI is InChI=1S/C26H29N3O6/c1-16-4-6-20(35-16)15-28(3)25(32)21-11-22(24(31)12-23(21)30)26(33)29-13-17-5-7-19(10-18(17)14-29)34-9-8-27-2/h4-7,10-12,27,30-31H,8-9,13-15H2,1-3H3. The van der Waals surface area contributed by atoms with Crippen LogP contribution in [0.3, 0.4) is 0 Å². The first-order chi connectivity index (χ1) is 16.8. The van der Waals surface area contributed by atoms with E-state index in [9.17, 15) is 19.8 Å². The van der Waals surface area contributed by atoms with Crippen molar-refractivity contribution in [1.29, 1.82) is 0 Å². The number of nitrogens with zero attached hydrogens (tertiary/aromatic N) is 2. The number of phenolic OH excluding ortho intramolecular Hbond substituents is 2. The van der Waals surface area contributed by atoms with Crippen molar-refractivity contribution in [3.05, 3.63) is 76.2 Å². The maximum atomic E-state index is 13.3. The number of aryl methyl sites for hydroxylation is 1. The van der Waals surface area contributed by atoms with Gasteiger partial charge in [-0.05, 0) is 55.4 Å². The monoisotopic (exact) mass is 479 g/mol. The van der Waals surface area contributed by atoms with Gasteiger partial charge in [0.05, 0.1) is 17.7 Å². The molecule has 2 amide bonds. The van der Waals surface area contributed by atoms with Gasteiger partial charge in [-0.2, -0.15) is 0 Å². The van der Waals surface area contributed by atoms with Gasteiger partial charge < -0.3 is 34.5 Å². The SMILES string of the molecule is CNCCOc1ccc2c(c1)CN(C(=O)c1cc(C(=O)N(C)Cc3ccc(C)o3)c(O)cc1O)C2. The van der Waals surface area contributed by atoms with Gasteiger partial charge in [-0.3, -0.25) is 9.59 Å². The Hall–Kier alpha value is -3.98. The molecule has 0 saturated heterocycles. The molecule has 1 aromatic heterocycles. The molecule has 9 heteroatoms. The molecule has 9 nitrogen and oxygen atoms in total. The molecule has 2 heterocycles. The lowest BCUT2D eigenvalue weighted by Crippen LogP contribution is -2.28. The van der Waals surface area contributed by atoms with Crippen LogP contribution in [0.4, 0.5) is 0 Å². The third kappa shape index (κ3) is 5.25. The van der Waals surface area contributed by atoms with E-state index in [4.69, 9.17) is 9.15 Å². The van der Waals surface area contributed by atoms with Gasteiger partial charge in [0, 0.05) is 32.7 Å². The van der Waals surface area contributed by atoms with Gasteiger partial charge in [-0.15, -0.1) is 0 Å². The summed E-state index contributed by atoms with van der Waals surface area (Å²) in [6, 6.07) is 11.6. The second kappa shape index (κ2) is 10.1. The van der Waals surface area contributed by atoms with Crippen molar-refractivity contribution < 1.29 is 29.0 Å². The first-order valence-electron chi connectivity index (χ1n) is 11.3. The molecule has 3 N–H and O–H groups in total. The lowest BCUT2D eigenvalue weighted by Gasteiger charge is -2.19. The second-order valence-corrected chi connectivity index (χ2v) is 8.60. The van der Waals surface area contributed by atoms with Crippen LogP contribution >= 0.6 is 0 Å². The summed E-state index contributed by atoms with van der Waals surface area (Å²) in [6.45, 7) is 3.97. The zero-order chi connectivity index (χ0) is 25.1. The summed E-state index contributed by atoms with van der Waals surface area (Å²) in [5.74, 6) is 0.318. The van der Waals surface area contributed by atoms with E-state index in [-0.39, 0.29) is 23.4 Å². The molecule has 1 aliphatic rings. The Labute approximate surface area is 203 Å². The van der Waals surface area contributed by atoms with Crippen LogP contribution < -0.4 is 10.1 Å². The molecule has 0 fully saturated rings. The van der Waals surface area contributed by atoms with E-state index in [0.717, 1.165) is 35.2 Å². The Morgan fingerprint density at radius 3 is 2.51 bits per heavy atom. The third-order valence-electron chi connectivity index (χ3n) is 5.92.